The average molecular weight is 368 g/mol. The second-order valence-electron chi connectivity index (χ2n) is 6.52. The molecule has 2 heterocycles. The number of hydrogen-bond acceptors (Lipinski definition) is 4. The van der Waals surface area contributed by atoms with Crippen molar-refractivity contribution in [2.75, 3.05) is 5.73 Å². The Balaban J connectivity index is 1.79. The summed E-state index contributed by atoms with van der Waals surface area (Å²) in [7, 11) is 0. The number of nitrogens with one attached hydrogen (secondary N) is 1. The first kappa shape index (κ1) is 17.7. The third-order valence-corrected chi connectivity index (χ3v) is 4.79. The minimum Gasteiger partial charge on any atom is -0.383 e. The topological polar surface area (TPSA) is 84.7 Å². The summed E-state index contributed by atoms with van der Waals surface area (Å²) in [4.78, 5) is 17.5. The first-order valence-corrected chi connectivity index (χ1v) is 9.16. The molecule has 0 aliphatic heterocycles. The molecule has 0 fully saturated rings. The highest BCUT2D eigenvalue weighted by Crippen LogP contribution is 2.31. The molecule has 0 saturated heterocycles. The van der Waals surface area contributed by atoms with Crippen LogP contribution in [0.25, 0.3) is 22.4 Å². The molecule has 0 amide bonds. The van der Waals surface area contributed by atoms with Gasteiger partial charge in [0.05, 0.1) is 5.56 Å². The van der Waals surface area contributed by atoms with Crippen LogP contribution < -0.4 is 5.73 Å². The second kappa shape index (κ2) is 7.48. The number of hydrogen-bond donors (Lipinski definition) is 2. The van der Waals surface area contributed by atoms with Gasteiger partial charge in [-0.3, -0.25) is 14.9 Å². The van der Waals surface area contributed by atoms with Crippen LogP contribution in [0.4, 0.5) is 5.82 Å². The van der Waals surface area contributed by atoms with Crippen molar-refractivity contribution >= 4 is 11.6 Å². The van der Waals surface area contributed by atoms with Crippen molar-refractivity contribution in [2.45, 2.75) is 13.3 Å². The molecular formula is C23H20N4O. The highest BCUT2D eigenvalue weighted by molar-refractivity contribution is 6.15. The molecule has 3 N–H and O–H groups in total. The number of rotatable bonds is 5. The van der Waals surface area contributed by atoms with E-state index in [4.69, 9.17) is 5.73 Å². The number of carbonyl (C=O) groups excluding carboxylic acids is 1. The molecule has 28 heavy (non-hydrogen) atoms. The summed E-state index contributed by atoms with van der Waals surface area (Å²) in [5.74, 6) is 0.121. The summed E-state index contributed by atoms with van der Waals surface area (Å²) in [6.45, 7) is 2.08. The number of nitrogens with zero attached hydrogens (tertiary/aromatic N) is 2. The molecule has 0 spiro atoms. The summed E-state index contributed by atoms with van der Waals surface area (Å²) in [6, 6.07) is 19.3. The Hall–Kier alpha value is -3.73. The molecule has 138 valence electrons. The summed E-state index contributed by atoms with van der Waals surface area (Å²) in [6.07, 6.45) is 4.34. The maximum atomic E-state index is 13.3. The van der Waals surface area contributed by atoms with Crippen molar-refractivity contribution < 1.29 is 4.79 Å². The third kappa shape index (κ3) is 3.18. The molecule has 0 saturated carbocycles. The number of benzene rings is 2. The highest BCUT2D eigenvalue weighted by atomic mass is 16.1. The van der Waals surface area contributed by atoms with E-state index in [1.807, 2.05) is 54.6 Å². The van der Waals surface area contributed by atoms with Crippen molar-refractivity contribution in [3.8, 4) is 22.4 Å². The molecule has 4 aromatic rings. The van der Waals surface area contributed by atoms with Crippen LogP contribution in [-0.2, 0) is 6.42 Å². The number of aromatic amines is 1. The fourth-order valence-corrected chi connectivity index (χ4v) is 3.36. The summed E-state index contributed by atoms with van der Waals surface area (Å²) in [5, 5.41) is 7.12. The van der Waals surface area contributed by atoms with Crippen LogP contribution in [0.3, 0.4) is 0 Å². The number of nitrogen functional groups attached to an aromatic ring is 1. The SMILES string of the molecule is CCc1ccccc1-c1n[nH]c(N)c1C(=O)c1cccc(-c2cccnc2)c1. The number of anilines is 1. The molecule has 2 aromatic carbocycles. The Morgan fingerprint density at radius 2 is 1.86 bits per heavy atom. The molecule has 0 atom stereocenters. The van der Waals surface area contributed by atoms with E-state index >= 15 is 0 Å². The van der Waals surface area contributed by atoms with E-state index in [0.29, 0.717) is 16.8 Å². The van der Waals surface area contributed by atoms with E-state index in [-0.39, 0.29) is 11.6 Å². The number of nitrogens with two attached hydrogens (primary N) is 1. The molecule has 0 unspecified atom stereocenters. The zero-order chi connectivity index (χ0) is 19.5. The van der Waals surface area contributed by atoms with Crippen LogP contribution in [0.1, 0.15) is 28.4 Å². The van der Waals surface area contributed by atoms with Gasteiger partial charge in [0.2, 0.25) is 0 Å². The van der Waals surface area contributed by atoms with Crippen molar-refractivity contribution in [2.24, 2.45) is 0 Å². The summed E-state index contributed by atoms with van der Waals surface area (Å²) >= 11 is 0. The molecule has 4 rings (SSSR count). The van der Waals surface area contributed by atoms with Crippen molar-refractivity contribution in [3.05, 3.63) is 89.7 Å². The lowest BCUT2D eigenvalue weighted by Gasteiger charge is -2.09. The lowest BCUT2D eigenvalue weighted by molar-refractivity contribution is 0.104. The van der Waals surface area contributed by atoms with Gasteiger partial charge in [-0.05, 0) is 29.7 Å². The van der Waals surface area contributed by atoms with Gasteiger partial charge in [0.15, 0.2) is 5.78 Å². The van der Waals surface area contributed by atoms with Gasteiger partial charge in [0, 0.05) is 29.1 Å². The Labute approximate surface area is 163 Å². The molecule has 2 aromatic heterocycles. The monoisotopic (exact) mass is 368 g/mol. The largest absolute Gasteiger partial charge is 0.383 e. The maximum absolute atomic E-state index is 13.3. The first-order chi connectivity index (χ1) is 13.7. The van der Waals surface area contributed by atoms with E-state index in [1.54, 1.807) is 18.5 Å². The van der Waals surface area contributed by atoms with Gasteiger partial charge < -0.3 is 5.73 Å². The third-order valence-electron chi connectivity index (χ3n) is 4.79. The minimum atomic E-state index is -0.155. The minimum absolute atomic E-state index is 0.155. The van der Waals surface area contributed by atoms with Crippen LogP contribution in [0, 0.1) is 0 Å². The fraction of sp³-hybridized carbons (Fsp3) is 0.0870. The molecule has 0 aliphatic rings. The standard InChI is InChI=1S/C23H20N4O/c1-2-15-7-3-4-11-19(15)21-20(23(24)27-26-21)22(28)17-9-5-8-16(13-17)18-10-6-12-25-14-18/h3-14H,2H2,1H3,(H3,24,26,27). The molecule has 0 radical (unpaired) electrons. The van der Waals surface area contributed by atoms with E-state index in [1.165, 1.54) is 0 Å². The second-order valence-corrected chi connectivity index (χ2v) is 6.52. The lowest BCUT2D eigenvalue weighted by Crippen LogP contribution is -2.06. The maximum Gasteiger partial charge on any atom is 0.199 e. The van der Waals surface area contributed by atoms with Gasteiger partial charge in [0.25, 0.3) is 0 Å². The zero-order valence-electron chi connectivity index (χ0n) is 15.5. The Morgan fingerprint density at radius 1 is 1.04 bits per heavy atom. The predicted octanol–water partition coefficient (Wildman–Crippen LogP) is 4.51. The number of carbonyl (C=O) groups is 1. The Kier molecular flexibility index (Phi) is 4.72. The van der Waals surface area contributed by atoms with E-state index < -0.39 is 0 Å². The van der Waals surface area contributed by atoms with Gasteiger partial charge in [-0.25, -0.2) is 0 Å². The van der Waals surface area contributed by atoms with Crippen LogP contribution in [-0.4, -0.2) is 21.0 Å². The van der Waals surface area contributed by atoms with E-state index in [9.17, 15) is 4.79 Å². The van der Waals surface area contributed by atoms with Crippen LogP contribution in [0.2, 0.25) is 0 Å². The number of pyridine rings is 1. The number of aryl methyl sites for hydroxylation is 1. The van der Waals surface area contributed by atoms with Crippen LogP contribution in [0.15, 0.2) is 73.1 Å². The van der Waals surface area contributed by atoms with Crippen molar-refractivity contribution in [3.63, 3.8) is 0 Å². The van der Waals surface area contributed by atoms with Crippen LogP contribution in [0.5, 0.6) is 0 Å². The quantitative estimate of drug-likeness (QED) is 0.507. The first-order valence-electron chi connectivity index (χ1n) is 9.16. The molecule has 5 nitrogen and oxygen atoms in total. The van der Waals surface area contributed by atoms with Gasteiger partial charge in [-0.15, -0.1) is 0 Å². The summed E-state index contributed by atoms with van der Waals surface area (Å²) < 4.78 is 0. The van der Waals surface area contributed by atoms with E-state index in [0.717, 1.165) is 28.7 Å². The Morgan fingerprint density at radius 3 is 2.64 bits per heavy atom. The fourth-order valence-electron chi connectivity index (χ4n) is 3.36. The van der Waals surface area contributed by atoms with E-state index in [2.05, 4.69) is 22.1 Å². The van der Waals surface area contributed by atoms with Gasteiger partial charge in [0.1, 0.15) is 11.5 Å². The highest BCUT2D eigenvalue weighted by Gasteiger charge is 2.23. The molecular weight excluding hydrogens is 348 g/mol. The summed E-state index contributed by atoms with van der Waals surface area (Å²) in [5.41, 5.74) is 11.6. The lowest BCUT2D eigenvalue weighted by atomic mass is 9.94. The molecule has 0 bridgehead atoms. The molecule has 0 aliphatic carbocycles. The predicted molar refractivity (Wildman–Crippen MR) is 111 cm³/mol. The Bertz CT molecular complexity index is 1130. The normalized spacial score (nSPS) is 10.8. The van der Waals surface area contributed by atoms with Gasteiger partial charge >= 0.3 is 0 Å². The molecule has 5 heteroatoms. The van der Waals surface area contributed by atoms with Gasteiger partial charge in [-0.1, -0.05) is 55.5 Å². The zero-order valence-corrected chi connectivity index (χ0v) is 15.5. The number of ketones is 1. The van der Waals surface area contributed by atoms with Crippen molar-refractivity contribution in [1.29, 1.82) is 0 Å². The number of H-pyrrole nitrogens is 1. The smallest absolute Gasteiger partial charge is 0.199 e. The van der Waals surface area contributed by atoms with Crippen molar-refractivity contribution in [1.82, 2.24) is 15.2 Å². The average Bonchev–Trinajstić information content (AvgIpc) is 3.15. The van der Waals surface area contributed by atoms with Gasteiger partial charge in [-0.2, -0.15) is 5.10 Å². The number of aromatic nitrogens is 3. The van der Waals surface area contributed by atoms with Crippen LogP contribution >= 0.6 is 0 Å².